The van der Waals surface area contributed by atoms with E-state index in [0.717, 1.165) is 76.1 Å². The van der Waals surface area contributed by atoms with Crippen LogP contribution in [0.3, 0.4) is 0 Å². The van der Waals surface area contributed by atoms with Crippen molar-refractivity contribution >= 4 is 5.97 Å². The summed E-state index contributed by atoms with van der Waals surface area (Å²) in [6, 6.07) is 0. The molecule has 58 heavy (non-hydrogen) atoms. The van der Waals surface area contributed by atoms with Crippen molar-refractivity contribution in [1.29, 1.82) is 0 Å². The highest BCUT2D eigenvalue weighted by Gasteiger charge is 2.71. The van der Waals surface area contributed by atoms with E-state index in [2.05, 4.69) is 25.7 Å². The highest BCUT2D eigenvalue weighted by Crippen LogP contribution is 2.70. The molecule has 18 atom stereocenters. The minimum Gasteiger partial charge on any atom is -0.458 e. The fraction of sp³-hybridized carbons (Fsp3) is 0.933. The Balaban J connectivity index is 0.755. The molecule has 0 amide bonds. The second-order valence-electron chi connectivity index (χ2n) is 20.6. The Labute approximate surface area is 344 Å². The lowest BCUT2D eigenvalue weighted by atomic mass is 9.42. The van der Waals surface area contributed by atoms with Gasteiger partial charge in [-0.2, -0.15) is 0 Å². The fourth-order valence-electron chi connectivity index (χ4n) is 13.6. The molecule has 4 heterocycles. The van der Waals surface area contributed by atoms with Gasteiger partial charge >= 0.3 is 5.97 Å². The number of cyclic esters (lactones) is 1. The summed E-state index contributed by atoms with van der Waals surface area (Å²) in [7, 11) is 0. The summed E-state index contributed by atoms with van der Waals surface area (Å²) in [6.45, 7) is 12.0. The third kappa shape index (κ3) is 7.99. The summed E-state index contributed by atoms with van der Waals surface area (Å²) in [6.07, 6.45) is 7.67. The molecular formula is C45H71NO12. The zero-order chi connectivity index (χ0) is 40.6. The van der Waals surface area contributed by atoms with Gasteiger partial charge in [-0.05, 0) is 119 Å². The van der Waals surface area contributed by atoms with E-state index in [-0.39, 0.29) is 66.8 Å². The number of aliphatic hydroxyl groups is 4. The zero-order valence-corrected chi connectivity index (χ0v) is 35.3. The van der Waals surface area contributed by atoms with Gasteiger partial charge < -0.3 is 58.5 Å². The predicted molar refractivity (Wildman–Crippen MR) is 210 cm³/mol. The first-order chi connectivity index (χ1) is 27.7. The number of esters is 1. The minimum atomic E-state index is -0.996. The Kier molecular flexibility index (Phi) is 12.0. The van der Waals surface area contributed by atoms with E-state index >= 15 is 0 Å². The van der Waals surface area contributed by atoms with E-state index < -0.39 is 54.1 Å². The van der Waals surface area contributed by atoms with Crippen molar-refractivity contribution in [3.05, 3.63) is 11.6 Å². The van der Waals surface area contributed by atoms with Crippen LogP contribution in [0.4, 0.5) is 0 Å². The number of carbonyl (C=O) groups is 1. The van der Waals surface area contributed by atoms with Gasteiger partial charge in [-0.25, -0.2) is 4.79 Å². The van der Waals surface area contributed by atoms with Gasteiger partial charge in [0.2, 0.25) is 0 Å². The van der Waals surface area contributed by atoms with Crippen LogP contribution in [-0.2, 0) is 38.0 Å². The average molecular weight is 818 g/mol. The first kappa shape index (κ1) is 42.1. The van der Waals surface area contributed by atoms with Crippen molar-refractivity contribution in [1.82, 2.24) is 4.90 Å². The van der Waals surface area contributed by atoms with Gasteiger partial charge in [0.05, 0.1) is 54.9 Å². The standard InChI is InChI=1S/C45H71NO12/c1-25-21-46(22-27-5-6-27)14-11-39(54-25)53-24-32-17-30(47)18-40(57-32)58-42-26(2)55-41(20-36(42)48)56-31-9-12-43(3)29(16-31)7-8-34-35(43)19-37(49)44(4)33(10-13-45(34,44)51)28-15-38(50)52-23-28/h15,25-27,29-37,39-42,47-49,51H,5-14,16-24H2,1-4H3/t25?,26-,29?,30+,31-,32-,33+,34?,35?,36-,37-,39?,40-,41-,42+,43-,44-,45-/m0/s1. The van der Waals surface area contributed by atoms with Gasteiger partial charge in [0.25, 0.3) is 0 Å². The second-order valence-corrected chi connectivity index (χ2v) is 20.6. The van der Waals surface area contributed by atoms with Crippen LogP contribution < -0.4 is 0 Å². The van der Waals surface area contributed by atoms with E-state index in [9.17, 15) is 25.2 Å². The molecule has 5 aliphatic carbocycles. The molecule has 328 valence electrons. The van der Waals surface area contributed by atoms with Crippen molar-refractivity contribution < 1.29 is 58.4 Å². The Morgan fingerprint density at radius 2 is 1.66 bits per heavy atom. The van der Waals surface area contributed by atoms with Crippen molar-refractivity contribution in [2.75, 3.05) is 32.8 Å². The van der Waals surface area contributed by atoms with Gasteiger partial charge in [-0.15, -0.1) is 0 Å². The maximum absolute atomic E-state index is 12.6. The van der Waals surface area contributed by atoms with E-state index in [4.69, 9.17) is 33.2 Å². The summed E-state index contributed by atoms with van der Waals surface area (Å²) < 4.78 is 43.3. The Bertz CT molecular complexity index is 1500. The molecule has 13 heteroatoms. The third-order valence-electron chi connectivity index (χ3n) is 16.9. The van der Waals surface area contributed by atoms with Crippen LogP contribution in [0.15, 0.2) is 11.6 Å². The molecule has 4 aliphatic heterocycles. The molecule has 4 N–H and O–H groups in total. The molecule has 5 unspecified atom stereocenters. The maximum atomic E-state index is 12.6. The molecule has 9 aliphatic rings. The predicted octanol–water partition coefficient (Wildman–Crippen LogP) is 4.21. The van der Waals surface area contributed by atoms with Gasteiger partial charge in [0, 0.05) is 56.8 Å². The molecule has 0 aromatic heterocycles. The lowest BCUT2D eigenvalue weighted by Crippen LogP contribution is -2.67. The van der Waals surface area contributed by atoms with Gasteiger partial charge in [0.1, 0.15) is 12.7 Å². The minimum absolute atomic E-state index is 0.0136. The molecule has 3 saturated heterocycles. The quantitative estimate of drug-likeness (QED) is 0.183. The number of hydrogen-bond acceptors (Lipinski definition) is 13. The van der Waals surface area contributed by atoms with Crippen molar-refractivity contribution in [3.8, 4) is 0 Å². The Morgan fingerprint density at radius 1 is 0.845 bits per heavy atom. The lowest BCUT2D eigenvalue weighted by molar-refractivity contribution is -0.315. The second kappa shape index (κ2) is 16.5. The summed E-state index contributed by atoms with van der Waals surface area (Å²) in [5.41, 5.74) is -0.825. The van der Waals surface area contributed by atoms with Gasteiger partial charge in [-0.1, -0.05) is 13.8 Å². The number of rotatable bonds is 10. The largest absolute Gasteiger partial charge is 0.458 e. The number of ether oxygens (including phenoxy) is 7. The normalized spacial score (nSPS) is 51.3. The van der Waals surface area contributed by atoms with E-state index in [0.29, 0.717) is 38.2 Å². The van der Waals surface area contributed by atoms with Crippen molar-refractivity contribution in [2.45, 2.75) is 191 Å². The average Bonchev–Trinajstić information content (AvgIpc) is 3.85. The number of fused-ring (bicyclic) bond motifs is 5. The molecule has 9 rings (SSSR count). The molecule has 0 radical (unpaired) electrons. The van der Waals surface area contributed by atoms with Crippen LogP contribution in [0.25, 0.3) is 0 Å². The summed E-state index contributed by atoms with van der Waals surface area (Å²) >= 11 is 0. The topological polar surface area (TPSA) is 166 Å². The fourth-order valence-corrected chi connectivity index (χ4v) is 13.6. The van der Waals surface area contributed by atoms with E-state index in [1.807, 2.05) is 6.92 Å². The zero-order valence-electron chi connectivity index (χ0n) is 35.3. The van der Waals surface area contributed by atoms with Crippen LogP contribution in [-0.4, -0.2) is 137 Å². The first-order valence-electron chi connectivity index (χ1n) is 23.0. The van der Waals surface area contributed by atoms with Gasteiger partial charge in [-0.3, -0.25) is 0 Å². The molecular weight excluding hydrogens is 746 g/mol. The van der Waals surface area contributed by atoms with Crippen LogP contribution >= 0.6 is 0 Å². The van der Waals surface area contributed by atoms with Gasteiger partial charge in [0.15, 0.2) is 18.9 Å². The van der Waals surface area contributed by atoms with Crippen LogP contribution in [0.1, 0.15) is 118 Å². The first-order valence-corrected chi connectivity index (χ1v) is 23.0. The van der Waals surface area contributed by atoms with E-state index in [1.165, 1.54) is 12.8 Å². The third-order valence-corrected chi connectivity index (χ3v) is 16.9. The smallest absolute Gasteiger partial charge is 0.331 e. The molecule has 0 spiro atoms. The van der Waals surface area contributed by atoms with Crippen LogP contribution in [0.2, 0.25) is 0 Å². The monoisotopic (exact) mass is 817 g/mol. The van der Waals surface area contributed by atoms with Crippen molar-refractivity contribution in [3.63, 3.8) is 0 Å². The Hall–Kier alpha value is -1.23. The van der Waals surface area contributed by atoms with Crippen LogP contribution in [0, 0.1) is 40.4 Å². The van der Waals surface area contributed by atoms with Crippen molar-refractivity contribution in [2.24, 2.45) is 40.4 Å². The summed E-state index contributed by atoms with van der Waals surface area (Å²) in [4.78, 5) is 14.5. The molecule has 0 bridgehead atoms. The summed E-state index contributed by atoms with van der Waals surface area (Å²) in [5, 5.41) is 46.7. The SMILES string of the molecule is CC1CN(CC2CC2)CCC(OC[C@@H]2C[C@@H](O)C[C@H](O[C@@H]3[C@H](C)O[C@@H](O[C@H]4CC[C@@]5(C)C(CCC6C5C[C@H](O)[C@]5(C)[C@@H](C7=CC(=O)OC7)CC[C@]65O)C4)C[C@@H]3O)O2)O1. The number of carbonyl (C=O) groups excluding carboxylic acids is 1. The van der Waals surface area contributed by atoms with Crippen LogP contribution in [0.5, 0.6) is 0 Å². The maximum Gasteiger partial charge on any atom is 0.331 e. The summed E-state index contributed by atoms with van der Waals surface area (Å²) in [5.74, 6) is 1.13. The lowest BCUT2D eigenvalue weighted by Gasteiger charge is -2.65. The highest BCUT2D eigenvalue weighted by molar-refractivity contribution is 5.85. The molecule has 0 aromatic rings. The molecule has 0 aromatic carbocycles. The molecule has 5 saturated carbocycles. The van der Waals surface area contributed by atoms with E-state index in [1.54, 1.807) is 6.08 Å². The number of aliphatic hydroxyl groups excluding tert-OH is 3. The molecule has 13 nitrogen and oxygen atoms in total. The number of nitrogens with zero attached hydrogens (tertiary/aromatic N) is 1. The number of hydrogen-bond donors (Lipinski definition) is 4. The molecule has 8 fully saturated rings. The highest BCUT2D eigenvalue weighted by atomic mass is 16.7. The Morgan fingerprint density at radius 3 is 2.41 bits per heavy atom.